The molecule has 7 heteroatoms. The van der Waals surface area contributed by atoms with Crippen LogP contribution >= 0.6 is 0 Å². The van der Waals surface area contributed by atoms with E-state index in [1.54, 1.807) is 18.2 Å². The number of hydrogen-bond donors (Lipinski definition) is 2. The quantitative estimate of drug-likeness (QED) is 0.593. The molecule has 0 saturated carbocycles. The summed E-state index contributed by atoms with van der Waals surface area (Å²) in [6, 6.07) is 14.6. The van der Waals surface area contributed by atoms with E-state index >= 15 is 0 Å². The second-order valence-corrected chi connectivity index (χ2v) is 8.07. The average Bonchev–Trinajstić information content (AvgIpc) is 3.05. The van der Waals surface area contributed by atoms with E-state index in [-0.39, 0.29) is 11.0 Å². The van der Waals surface area contributed by atoms with Gasteiger partial charge in [-0.2, -0.15) is 0 Å². The third-order valence-electron chi connectivity index (χ3n) is 3.88. The Morgan fingerprint density at radius 3 is 2.65 bits per heavy atom. The Morgan fingerprint density at radius 2 is 1.92 bits per heavy atom. The first-order valence-electron chi connectivity index (χ1n) is 8.62. The van der Waals surface area contributed by atoms with Gasteiger partial charge < -0.3 is 9.72 Å². The molecule has 26 heavy (non-hydrogen) atoms. The molecule has 0 aliphatic rings. The number of aromatic amines is 1. The van der Waals surface area contributed by atoms with Crippen LogP contribution in [0.5, 0.6) is 0 Å². The molecule has 1 heterocycles. The molecule has 0 bridgehead atoms. The lowest BCUT2D eigenvalue weighted by Gasteiger charge is -2.09. The normalized spacial score (nSPS) is 12.1. The number of nitrogens with one attached hydrogen (secondary N) is 2. The molecule has 0 radical (unpaired) electrons. The SMILES string of the molecule is CC(C)OCCCNS(=O)(=O)c1ccc2nc(-c3ccccc3)[nH]c2c1. The Kier molecular flexibility index (Phi) is 5.70. The minimum Gasteiger partial charge on any atom is -0.379 e. The van der Waals surface area contributed by atoms with Gasteiger partial charge in [0.15, 0.2) is 0 Å². The zero-order valence-corrected chi connectivity index (χ0v) is 15.7. The Hall–Kier alpha value is -2.22. The van der Waals surface area contributed by atoms with Crippen LogP contribution < -0.4 is 4.72 Å². The first-order valence-corrected chi connectivity index (χ1v) is 10.1. The van der Waals surface area contributed by atoms with Crippen LogP contribution in [0, 0.1) is 0 Å². The van der Waals surface area contributed by atoms with Gasteiger partial charge in [0.1, 0.15) is 5.82 Å². The maximum absolute atomic E-state index is 12.5. The number of ether oxygens (including phenoxy) is 1. The fourth-order valence-corrected chi connectivity index (χ4v) is 3.67. The van der Waals surface area contributed by atoms with Crippen molar-refractivity contribution in [1.29, 1.82) is 0 Å². The van der Waals surface area contributed by atoms with Crippen LogP contribution in [0.25, 0.3) is 22.4 Å². The molecule has 0 spiro atoms. The summed E-state index contributed by atoms with van der Waals surface area (Å²) in [6.07, 6.45) is 0.773. The van der Waals surface area contributed by atoms with Crippen molar-refractivity contribution in [3.05, 3.63) is 48.5 Å². The molecule has 0 unspecified atom stereocenters. The summed E-state index contributed by atoms with van der Waals surface area (Å²) in [4.78, 5) is 7.93. The maximum Gasteiger partial charge on any atom is 0.240 e. The Morgan fingerprint density at radius 1 is 1.15 bits per heavy atom. The molecule has 3 rings (SSSR count). The van der Waals surface area contributed by atoms with Crippen molar-refractivity contribution in [2.24, 2.45) is 0 Å². The number of aromatic nitrogens is 2. The monoisotopic (exact) mass is 373 g/mol. The van der Waals surface area contributed by atoms with Crippen molar-refractivity contribution < 1.29 is 13.2 Å². The van der Waals surface area contributed by atoms with E-state index in [0.29, 0.717) is 30.9 Å². The van der Waals surface area contributed by atoms with Gasteiger partial charge >= 0.3 is 0 Å². The third kappa shape index (κ3) is 4.49. The number of rotatable bonds is 8. The van der Waals surface area contributed by atoms with Crippen LogP contribution in [0.2, 0.25) is 0 Å². The summed E-state index contributed by atoms with van der Waals surface area (Å²) in [7, 11) is -3.56. The molecule has 2 N–H and O–H groups in total. The fourth-order valence-electron chi connectivity index (χ4n) is 2.57. The van der Waals surface area contributed by atoms with E-state index in [2.05, 4.69) is 14.7 Å². The molecule has 2 aromatic carbocycles. The van der Waals surface area contributed by atoms with Gasteiger partial charge in [0.05, 0.1) is 22.0 Å². The van der Waals surface area contributed by atoms with Gasteiger partial charge in [-0.25, -0.2) is 18.1 Å². The van der Waals surface area contributed by atoms with E-state index in [4.69, 9.17) is 4.74 Å². The first-order chi connectivity index (χ1) is 12.5. The molecule has 0 fully saturated rings. The van der Waals surface area contributed by atoms with Gasteiger partial charge in [0.2, 0.25) is 10.0 Å². The van der Waals surface area contributed by atoms with Crippen molar-refractivity contribution in [2.45, 2.75) is 31.3 Å². The number of H-pyrrole nitrogens is 1. The van der Waals surface area contributed by atoms with E-state index in [9.17, 15) is 8.42 Å². The first kappa shape index (κ1) is 18.6. The standard InChI is InChI=1S/C19H23N3O3S/c1-14(2)25-12-6-11-20-26(23,24)16-9-10-17-18(13-16)22-19(21-17)15-7-4-3-5-8-15/h3-5,7-10,13-14,20H,6,11-12H2,1-2H3,(H,21,22). The smallest absolute Gasteiger partial charge is 0.240 e. The van der Waals surface area contributed by atoms with E-state index < -0.39 is 10.0 Å². The van der Waals surface area contributed by atoms with Crippen molar-refractivity contribution in [3.63, 3.8) is 0 Å². The molecule has 138 valence electrons. The van der Waals surface area contributed by atoms with Crippen LogP contribution in [0.3, 0.4) is 0 Å². The average molecular weight is 373 g/mol. The van der Waals surface area contributed by atoms with Gasteiger partial charge in [-0.15, -0.1) is 0 Å². The lowest BCUT2D eigenvalue weighted by atomic mass is 10.2. The van der Waals surface area contributed by atoms with E-state index in [1.165, 1.54) is 0 Å². The van der Waals surface area contributed by atoms with Crippen molar-refractivity contribution >= 4 is 21.1 Å². The number of nitrogens with zero attached hydrogens (tertiary/aromatic N) is 1. The zero-order valence-electron chi connectivity index (χ0n) is 14.9. The molecule has 1 aromatic heterocycles. The van der Waals surface area contributed by atoms with Crippen molar-refractivity contribution in [1.82, 2.24) is 14.7 Å². The van der Waals surface area contributed by atoms with Crippen LogP contribution in [-0.4, -0.2) is 37.6 Å². The largest absolute Gasteiger partial charge is 0.379 e. The highest BCUT2D eigenvalue weighted by atomic mass is 32.2. The topological polar surface area (TPSA) is 84.1 Å². The van der Waals surface area contributed by atoms with Crippen LogP contribution in [0.15, 0.2) is 53.4 Å². The summed E-state index contributed by atoms with van der Waals surface area (Å²) in [5.74, 6) is 0.717. The summed E-state index contributed by atoms with van der Waals surface area (Å²) in [6.45, 7) is 4.77. The highest BCUT2D eigenvalue weighted by Gasteiger charge is 2.15. The van der Waals surface area contributed by atoms with Crippen molar-refractivity contribution in [3.8, 4) is 11.4 Å². The van der Waals surface area contributed by atoms with Gasteiger partial charge in [0.25, 0.3) is 0 Å². The molecule has 0 saturated heterocycles. The Labute approximate surface area is 153 Å². The number of hydrogen-bond acceptors (Lipinski definition) is 4. The number of benzene rings is 2. The van der Waals surface area contributed by atoms with Gasteiger partial charge in [-0.05, 0) is 38.5 Å². The molecular weight excluding hydrogens is 350 g/mol. The predicted octanol–water partition coefficient (Wildman–Crippen LogP) is 3.32. The number of sulfonamides is 1. The minimum absolute atomic E-state index is 0.146. The zero-order chi connectivity index (χ0) is 18.6. The lowest BCUT2D eigenvalue weighted by Crippen LogP contribution is -2.25. The van der Waals surface area contributed by atoms with Gasteiger partial charge in [-0.3, -0.25) is 0 Å². The maximum atomic E-state index is 12.5. The molecule has 0 atom stereocenters. The van der Waals surface area contributed by atoms with E-state index in [0.717, 1.165) is 11.1 Å². The highest BCUT2D eigenvalue weighted by Crippen LogP contribution is 2.22. The fraction of sp³-hybridized carbons (Fsp3) is 0.316. The summed E-state index contributed by atoms with van der Waals surface area (Å²) in [5.41, 5.74) is 2.37. The summed E-state index contributed by atoms with van der Waals surface area (Å²) in [5, 5.41) is 0. The lowest BCUT2D eigenvalue weighted by molar-refractivity contribution is 0.0778. The van der Waals surface area contributed by atoms with Gasteiger partial charge in [0, 0.05) is 18.7 Å². The number of fused-ring (bicyclic) bond motifs is 1. The molecule has 0 amide bonds. The van der Waals surface area contributed by atoms with Crippen LogP contribution in [0.4, 0.5) is 0 Å². The minimum atomic E-state index is -3.56. The predicted molar refractivity (Wildman–Crippen MR) is 102 cm³/mol. The Bertz CT molecular complexity index is 966. The van der Waals surface area contributed by atoms with Gasteiger partial charge in [-0.1, -0.05) is 30.3 Å². The third-order valence-corrected chi connectivity index (χ3v) is 5.33. The molecule has 3 aromatic rings. The van der Waals surface area contributed by atoms with Crippen LogP contribution in [-0.2, 0) is 14.8 Å². The van der Waals surface area contributed by atoms with E-state index in [1.807, 2.05) is 44.2 Å². The number of imidazole rings is 1. The van der Waals surface area contributed by atoms with Crippen LogP contribution in [0.1, 0.15) is 20.3 Å². The Balaban J connectivity index is 1.73. The molecule has 0 aliphatic carbocycles. The molecular formula is C19H23N3O3S. The molecule has 6 nitrogen and oxygen atoms in total. The summed E-state index contributed by atoms with van der Waals surface area (Å²) >= 11 is 0. The van der Waals surface area contributed by atoms with Crippen molar-refractivity contribution in [2.75, 3.05) is 13.2 Å². The summed E-state index contributed by atoms with van der Waals surface area (Å²) < 4.78 is 33.0. The molecule has 0 aliphatic heterocycles. The second-order valence-electron chi connectivity index (χ2n) is 6.30. The highest BCUT2D eigenvalue weighted by molar-refractivity contribution is 7.89. The second kappa shape index (κ2) is 7.99.